The van der Waals surface area contributed by atoms with Gasteiger partial charge in [-0.1, -0.05) is 20.8 Å². The van der Waals surface area contributed by atoms with Crippen LogP contribution in [0.2, 0.25) is 0 Å². The lowest BCUT2D eigenvalue weighted by molar-refractivity contribution is -0.0134. The molecule has 2 atom stereocenters. The van der Waals surface area contributed by atoms with Gasteiger partial charge in [-0.3, -0.25) is 0 Å². The van der Waals surface area contributed by atoms with Crippen molar-refractivity contribution in [1.82, 2.24) is 4.98 Å². The number of ether oxygens (including phenoxy) is 1. The second-order valence-corrected chi connectivity index (χ2v) is 7.50. The number of rotatable bonds is 4. The summed E-state index contributed by atoms with van der Waals surface area (Å²) in [5, 5.41) is 1.14. The van der Waals surface area contributed by atoms with Crippen LogP contribution < -0.4 is 5.73 Å². The predicted octanol–water partition coefficient (Wildman–Crippen LogP) is 3.65. The zero-order valence-electron chi connectivity index (χ0n) is 12.5. The number of aryl methyl sites for hydroxylation is 1. The standard InChI is InChI=1S/C15H26N2OS/c1-5-18-13(15(2,3)4)14-17-12-10(9-16)7-6-8-11(12)19-14/h10,13H,5-9,16H2,1-4H3. The molecule has 0 saturated carbocycles. The van der Waals surface area contributed by atoms with E-state index in [-0.39, 0.29) is 11.5 Å². The highest BCUT2D eigenvalue weighted by molar-refractivity contribution is 7.11. The van der Waals surface area contributed by atoms with E-state index in [1.54, 1.807) is 0 Å². The molecule has 0 aromatic carbocycles. The minimum absolute atomic E-state index is 0.0780. The number of thiazole rings is 1. The first-order valence-corrected chi connectivity index (χ1v) is 8.10. The lowest BCUT2D eigenvalue weighted by Gasteiger charge is -2.28. The van der Waals surface area contributed by atoms with Crippen LogP contribution in [-0.2, 0) is 11.2 Å². The second kappa shape index (κ2) is 5.90. The van der Waals surface area contributed by atoms with Crippen molar-refractivity contribution in [2.24, 2.45) is 11.1 Å². The molecular formula is C15H26N2OS. The first kappa shape index (κ1) is 14.9. The molecule has 3 nitrogen and oxygen atoms in total. The monoisotopic (exact) mass is 282 g/mol. The Labute approximate surface area is 120 Å². The molecule has 1 aliphatic carbocycles. The molecule has 0 spiro atoms. The van der Waals surface area contributed by atoms with Gasteiger partial charge >= 0.3 is 0 Å². The Balaban J connectivity index is 2.32. The van der Waals surface area contributed by atoms with E-state index in [0.717, 1.165) is 18.0 Å². The van der Waals surface area contributed by atoms with E-state index in [1.807, 2.05) is 11.3 Å². The fourth-order valence-corrected chi connectivity index (χ4v) is 4.21. The highest BCUT2D eigenvalue weighted by Crippen LogP contribution is 2.42. The van der Waals surface area contributed by atoms with Crippen LogP contribution in [0.4, 0.5) is 0 Å². The minimum atomic E-state index is 0.0780. The van der Waals surface area contributed by atoms with Crippen LogP contribution in [0, 0.1) is 5.41 Å². The molecule has 1 aromatic heterocycles. The summed E-state index contributed by atoms with van der Waals surface area (Å²) in [6.07, 6.45) is 3.67. The maximum Gasteiger partial charge on any atom is 0.123 e. The number of fused-ring (bicyclic) bond motifs is 1. The fourth-order valence-electron chi connectivity index (χ4n) is 2.73. The summed E-state index contributed by atoms with van der Waals surface area (Å²) >= 11 is 1.84. The zero-order chi connectivity index (χ0) is 14.0. The van der Waals surface area contributed by atoms with Gasteiger partial charge < -0.3 is 10.5 Å². The molecule has 2 unspecified atom stereocenters. The smallest absolute Gasteiger partial charge is 0.123 e. The molecule has 1 heterocycles. The van der Waals surface area contributed by atoms with E-state index in [1.165, 1.54) is 23.4 Å². The Bertz CT molecular complexity index is 422. The summed E-state index contributed by atoms with van der Waals surface area (Å²) in [6, 6.07) is 0. The van der Waals surface area contributed by atoms with Crippen molar-refractivity contribution in [2.75, 3.05) is 13.2 Å². The average Bonchev–Trinajstić information content (AvgIpc) is 2.77. The van der Waals surface area contributed by atoms with Crippen LogP contribution in [0.25, 0.3) is 0 Å². The molecule has 0 saturated heterocycles. The molecule has 0 aliphatic heterocycles. The summed E-state index contributed by atoms with van der Waals surface area (Å²) in [7, 11) is 0. The molecule has 2 rings (SSSR count). The summed E-state index contributed by atoms with van der Waals surface area (Å²) in [6.45, 7) is 10.1. The number of nitrogens with two attached hydrogens (primary N) is 1. The molecule has 0 amide bonds. The molecule has 108 valence electrons. The van der Waals surface area contributed by atoms with Crippen molar-refractivity contribution >= 4 is 11.3 Å². The van der Waals surface area contributed by atoms with E-state index < -0.39 is 0 Å². The highest BCUT2D eigenvalue weighted by atomic mass is 32.1. The van der Waals surface area contributed by atoms with Gasteiger partial charge in [0.05, 0.1) is 5.69 Å². The topological polar surface area (TPSA) is 48.1 Å². The third-order valence-electron chi connectivity index (χ3n) is 3.72. The first-order valence-electron chi connectivity index (χ1n) is 7.28. The molecule has 1 aromatic rings. The summed E-state index contributed by atoms with van der Waals surface area (Å²) in [5.41, 5.74) is 7.21. The van der Waals surface area contributed by atoms with Crippen molar-refractivity contribution in [3.63, 3.8) is 0 Å². The Morgan fingerprint density at radius 1 is 1.47 bits per heavy atom. The molecule has 1 aliphatic rings. The Morgan fingerprint density at radius 2 is 2.21 bits per heavy atom. The van der Waals surface area contributed by atoms with Gasteiger partial charge in [-0.05, 0) is 31.6 Å². The van der Waals surface area contributed by atoms with Crippen LogP contribution in [-0.4, -0.2) is 18.1 Å². The normalized spacial score (nSPS) is 21.2. The van der Waals surface area contributed by atoms with E-state index >= 15 is 0 Å². The molecular weight excluding hydrogens is 256 g/mol. The predicted molar refractivity (Wildman–Crippen MR) is 80.7 cm³/mol. The fraction of sp³-hybridized carbons (Fsp3) is 0.800. The summed E-state index contributed by atoms with van der Waals surface area (Å²) in [4.78, 5) is 6.34. The highest BCUT2D eigenvalue weighted by Gasteiger charge is 2.32. The van der Waals surface area contributed by atoms with Crippen molar-refractivity contribution in [1.29, 1.82) is 0 Å². The van der Waals surface area contributed by atoms with Crippen LogP contribution in [0.15, 0.2) is 0 Å². The SMILES string of the molecule is CCOC(c1nc2c(s1)CCCC2CN)C(C)(C)C. The van der Waals surface area contributed by atoms with Gasteiger partial charge in [0.1, 0.15) is 11.1 Å². The van der Waals surface area contributed by atoms with Crippen molar-refractivity contribution in [2.45, 2.75) is 59.0 Å². The number of nitrogens with zero attached hydrogens (tertiary/aromatic N) is 1. The van der Waals surface area contributed by atoms with E-state index in [0.29, 0.717) is 12.5 Å². The summed E-state index contributed by atoms with van der Waals surface area (Å²) in [5.74, 6) is 0.455. The van der Waals surface area contributed by atoms with Gasteiger partial charge in [0.25, 0.3) is 0 Å². The quantitative estimate of drug-likeness (QED) is 0.917. The number of hydrogen-bond acceptors (Lipinski definition) is 4. The van der Waals surface area contributed by atoms with E-state index in [2.05, 4.69) is 27.7 Å². The van der Waals surface area contributed by atoms with Crippen LogP contribution in [0.5, 0.6) is 0 Å². The Hall–Kier alpha value is -0.450. The van der Waals surface area contributed by atoms with Crippen molar-refractivity contribution in [3.8, 4) is 0 Å². The number of aromatic nitrogens is 1. The van der Waals surface area contributed by atoms with Crippen LogP contribution >= 0.6 is 11.3 Å². The number of hydrogen-bond donors (Lipinski definition) is 1. The van der Waals surface area contributed by atoms with Crippen molar-refractivity contribution in [3.05, 3.63) is 15.6 Å². The van der Waals surface area contributed by atoms with Gasteiger partial charge in [-0.25, -0.2) is 4.98 Å². The maximum atomic E-state index is 5.96. The van der Waals surface area contributed by atoms with Gasteiger partial charge in [0, 0.05) is 23.9 Å². The summed E-state index contributed by atoms with van der Waals surface area (Å²) < 4.78 is 5.96. The molecule has 0 bridgehead atoms. The van der Waals surface area contributed by atoms with Gasteiger partial charge in [-0.2, -0.15) is 0 Å². The van der Waals surface area contributed by atoms with Gasteiger partial charge in [0.15, 0.2) is 0 Å². The van der Waals surface area contributed by atoms with Gasteiger partial charge in [0.2, 0.25) is 0 Å². The van der Waals surface area contributed by atoms with Crippen LogP contribution in [0.3, 0.4) is 0 Å². The Morgan fingerprint density at radius 3 is 2.79 bits per heavy atom. The molecule has 0 radical (unpaired) electrons. The third kappa shape index (κ3) is 3.18. The minimum Gasteiger partial charge on any atom is -0.371 e. The second-order valence-electron chi connectivity index (χ2n) is 6.39. The molecule has 0 fully saturated rings. The molecule has 2 N–H and O–H groups in total. The average molecular weight is 282 g/mol. The molecule has 4 heteroatoms. The maximum absolute atomic E-state index is 5.96. The van der Waals surface area contributed by atoms with Crippen LogP contribution in [0.1, 0.15) is 68.1 Å². The van der Waals surface area contributed by atoms with E-state index in [4.69, 9.17) is 15.5 Å². The molecule has 19 heavy (non-hydrogen) atoms. The largest absolute Gasteiger partial charge is 0.371 e. The third-order valence-corrected chi connectivity index (χ3v) is 4.89. The lowest BCUT2D eigenvalue weighted by atomic mass is 9.89. The zero-order valence-corrected chi connectivity index (χ0v) is 13.3. The lowest BCUT2D eigenvalue weighted by Crippen LogP contribution is -2.22. The van der Waals surface area contributed by atoms with Crippen molar-refractivity contribution < 1.29 is 4.74 Å². The van der Waals surface area contributed by atoms with Gasteiger partial charge in [-0.15, -0.1) is 11.3 Å². The van der Waals surface area contributed by atoms with E-state index in [9.17, 15) is 0 Å². The Kier molecular flexibility index (Phi) is 4.64. The first-order chi connectivity index (χ1) is 8.97.